The first kappa shape index (κ1) is 17.7. The summed E-state index contributed by atoms with van der Waals surface area (Å²) in [6, 6.07) is 2.38. The maximum atomic E-state index is 12.8. The van der Waals surface area contributed by atoms with Gasteiger partial charge in [-0.1, -0.05) is 11.6 Å². The number of benzene rings is 1. The van der Waals surface area contributed by atoms with Gasteiger partial charge in [0, 0.05) is 25.0 Å². The Labute approximate surface area is 124 Å². The van der Waals surface area contributed by atoms with Gasteiger partial charge in [0.05, 0.1) is 10.5 Å². The Kier molecular flexibility index (Phi) is 5.60. The predicted molar refractivity (Wildman–Crippen MR) is 70.3 cm³/mol. The van der Waals surface area contributed by atoms with Gasteiger partial charge in [0.15, 0.2) is 0 Å². The average Bonchev–Trinajstić information content (AvgIpc) is 2.33. The average molecular weight is 345 g/mol. The van der Waals surface area contributed by atoms with Gasteiger partial charge in [0.1, 0.15) is 0 Å². The van der Waals surface area contributed by atoms with Crippen LogP contribution in [0.1, 0.15) is 12.5 Å². The molecule has 0 bridgehead atoms. The van der Waals surface area contributed by atoms with Crippen LogP contribution in [0.5, 0.6) is 0 Å². The zero-order valence-corrected chi connectivity index (χ0v) is 12.4. The summed E-state index contributed by atoms with van der Waals surface area (Å²) in [5.41, 5.74) is -1.35. The van der Waals surface area contributed by atoms with E-state index in [0.717, 1.165) is 12.1 Å². The molecule has 0 aliphatic rings. The summed E-state index contributed by atoms with van der Waals surface area (Å²) in [4.78, 5) is 9.69. The maximum absolute atomic E-state index is 12.8. The van der Waals surface area contributed by atoms with E-state index in [-0.39, 0.29) is 24.0 Å². The van der Waals surface area contributed by atoms with Crippen LogP contribution in [0.2, 0.25) is 5.02 Å². The maximum Gasteiger partial charge on any atom is 0.417 e. The third-order valence-corrected chi connectivity index (χ3v) is 4.08. The molecule has 0 atom stereocenters. The van der Waals surface area contributed by atoms with Crippen molar-refractivity contribution in [2.45, 2.75) is 18.0 Å². The largest absolute Gasteiger partial charge is 0.417 e. The van der Waals surface area contributed by atoms with Gasteiger partial charge in [0.25, 0.3) is 0 Å². The van der Waals surface area contributed by atoms with Crippen LogP contribution in [0.25, 0.3) is 0 Å². The number of amides is 1. The molecule has 2 N–H and O–H groups in total. The lowest BCUT2D eigenvalue weighted by Crippen LogP contribution is -2.34. The van der Waals surface area contributed by atoms with Crippen molar-refractivity contribution in [3.05, 3.63) is 28.8 Å². The Bertz CT molecular complexity index is 632. The summed E-state index contributed by atoms with van der Waals surface area (Å²) < 4.78 is 64.3. The molecule has 1 aromatic rings. The minimum atomic E-state index is -4.85. The summed E-state index contributed by atoms with van der Waals surface area (Å²) in [5, 5.41) is 2.09. The first-order chi connectivity index (χ1) is 9.54. The molecule has 0 aliphatic heterocycles. The minimum Gasteiger partial charge on any atom is -0.355 e. The number of carbonyl (C=O) groups is 1. The molecule has 1 amide bonds. The van der Waals surface area contributed by atoms with Gasteiger partial charge in [-0.2, -0.15) is 13.2 Å². The topological polar surface area (TPSA) is 75.3 Å². The second-order valence-electron chi connectivity index (χ2n) is 4.02. The number of sulfonamides is 1. The number of nitrogens with one attached hydrogen (secondary N) is 2. The monoisotopic (exact) mass is 344 g/mol. The van der Waals surface area contributed by atoms with Crippen LogP contribution < -0.4 is 10.0 Å². The van der Waals surface area contributed by atoms with Crippen molar-refractivity contribution in [2.75, 3.05) is 13.1 Å². The quantitative estimate of drug-likeness (QED) is 0.799. The Hall–Kier alpha value is -1.32. The van der Waals surface area contributed by atoms with Gasteiger partial charge in [-0.25, -0.2) is 13.1 Å². The summed E-state index contributed by atoms with van der Waals surface area (Å²) in [5.74, 6) is -0.378. The van der Waals surface area contributed by atoms with Crippen LogP contribution in [0, 0.1) is 0 Å². The number of hydrogen-bond donors (Lipinski definition) is 2. The van der Waals surface area contributed by atoms with Crippen molar-refractivity contribution in [1.29, 1.82) is 0 Å². The van der Waals surface area contributed by atoms with E-state index in [9.17, 15) is 26.4 Å². The normalized spacial score (nSPS) is 12.2. The molecule has 0 saturated carbocycles. The lowest BCUT2D eigenvalue weighted by atomic mass is 10.2. The standard InChI is InChI=1S/C11H12ClF3N2O3S/c1-7(18)16-4-5-17-21(19,20)10-3-2-8(12)6-9(10)11(13,14)15/h2-3,6,17H,4-5H2,1H3,(H,16,18). The molecule has 0 fully saturated rings. The van der Waals surface area contributed by atoms with Gasteiger partial charge in [0.2, 0.25) is 15.9 Å². The van der Waals surface area contributed by atoms with Gasteiger partial charge in [-0.3, -0.25) is 4.79 Å². The summed E-state index contributed by atoms with van der Waals surface area (Å²) in [6.45, 7) is 0.959. The van der Waals surface area contributed by atoms with Crippen molar-refractivity contribution < 1.29 is 26.4 Å². The van der Waals surface area contributed by atoms with Gasteiger partial charge in [-0.15, -0.1) is 0 Å². The summed E-state index contributed by atoms with van der Waals surface area (Å²) in [6.07, 6.45) is -4.85. The molecule has 0 saturated heterocycles. The smallest absolute Gasteiger partial charge is 0.355 e. The number of alkyl halides is 3. The highest BCUT2D eigenvalue weighted by Crippen LogP contribution is 2.35. The van der Waals surface area contributed by atoms with E-state index in [1.54, 1.807) is 0 Å². The van der Waals surface area contributed by atoms with E-state index in [1.165, 1.54) is 6.92 Å². The second kappa shape index (κ2) is 6.63. The van der Waals surface area contributed by atoms with Gasteiger partial charge in [-0.05, 0) is 18.2 Å². The molecule has 0 radical (unpaired) electrons. The zero-order valence-electron chi connectivity index (χ0n) is 10.8. The molecule has 0 aromatic heterocycles. The van der Waals surface area contributed by atoms with Crippen LogP contribution in [-0.4, -0.2) is 27.4 Å². The van der Waals surface area contributed by atoms with E-state index in [1.807, 2.05) is 4.72 Å². The first-order valence-corrected chi connectivity index (χ1v) is 7.51. The molecule has 1 rings (SSSR count). The minimum absolute atomic E-state index is 0.0382. The fourth-order valence-corrected chi connectivity index (χ4v) is 2.87. The van der Waals surface area contributed by atoms with Crippen molar-refractivity contribution in [2.24, 2.45) is 0 Å². The Morgan fingerprint density at radius 3 is 2.43 bits per heavy atom. The molecule has 0 unspecified atom stereocenters. The van der Waals surface area contributed by atoms with Gasteiger partial charge >= 0.3 is 6.18 Å². The van der Waals surface area contributed by atoms with Crippen LogP contribution in [-0.2, 0) is 21.0 Å². The fourth-order valence-electron chi connectivity index (χ4n) is 1.46. The molecule has 10 heteroatoms. The molecule has 0 spiro atoms. The van der Waals surface area contributed by atoms with E-state index in [2.05, 4.69) is 5.32 Å². The van der Waals surface area contributed by atoms with E-state index >= 15 is 0 Å². The second-order valence-corrected chi connectivity index (χ2v) is 6.19. The number of carbonyl (C=O) groups excluding carboxylic acids is 1. The molecule has 118 valence electrons. The third kappa shape index (κ3) is 5.18. The summed E-state index contributed by atoms with van der Waals surface area (Å²) >= 11 is 5.47. The Morgan fingerprint density at radius 2 is 1.90 bits per heavy atom. The van der Waals surface area contributed by atoms with Crippen LogP contribution in [0.3, 0.4) is 0 Å². The summed E-state index contributed by atoms with van der Waals surface area (Å²) in [7, 11) is -4.37. The first-order valence-electron chi connectivity index (χ1n) is 5.65. The molecule has 0 heterocycles. The predicted octanol–water partition coefficient (Wildman–Crippen LogP) is 1.77. The van der Waals surface area contributed by atoms with Crippen molar-refractivity contribution >= 4 is 27.5 Å². The fraction of sp³-hybridized carbons (Fsp3) is 0.364. The lowest BCUT2D eigenvalue weighted by molar-refractivity contribution is -0.139. The van der Waals surface area contributed by atoms with Crippen LogP contribution in [0.15, 0.2) is 23.1 Å². The lowest BCUT2D eigenvalue weighted by Gasteiger charge is -2.14. The van der Waals surface area contributed by atoms with Crippen LogP contribution >= 0.6 is 11.6 Å². The van der Waals surface area contributed by atoms with Crippen molar-refractivity contribution in [1.82, 2.24) is 10.0 Å². The highest BCUT2D eigenvalue weighted by atomic mass is 35.5. The molecule has 1 aromatic carbocycles. The van der Waals surface area contributed by atoms with Crippen molar-refractivity contribution in [3.63, 3.8) is 0 Å². The number of halogens is 4. The molecule has 21 heavy (non-hydrogen) atoms. The Balaban J connectivity index is 3.01. The SMILES string of the molecule is CC(=O)NCCNS(=O)(=O)c1ccc(Cl)cc1C(F)(F)F. The highest BCUT2D eigenvalue weighted by Gasteiger charge is 2.37. The van der Waals surface area contributed by atoms with E-state index in [4.69, 9.17) is 11.6 Å². The highest BCUT2D eigenvalue weighted by molar-refractivity contribution is 7.89. The Morgan fingerprint density at radius 1 is 1.29 bits per heavy atom. The third-order valence-electron chi connectivity index (χ3n) is 2.33. The van der Waals surface area contributed by atoms with E-state index in [0.29, 0.717) is 6.07 Å². The number of hydrogen-bond acceptors (Lipinski definition) is 3. The van der Waals surface area contributed by atoms with Crippen LogP contribution in [0.4, 0.5) is 13.2 Å². The molecular formula is C11H12ClF3N2O3S. The molecule has 0 aliphatic carbocycles. The van der Waals surface area contributed by atoms with Crippen molar-refractivity contribution in [3.8, 4) is 0 Å². The van der Waals surface area contributed by atoms with Gasteiger partial charge < -0.3 is 5.32 Å². The van der Waals surface area contributed by atoms with E-state index < -0.39 is 26.7 Å². The zero-order chi connectivity index (χ0) is 16.3. The molecular weight excluding hydrogens is 333 g/mol. The number of rotatable bonds is 5. The molecule has 5 nitrogen and oxygen atoms in total.